The van der Waals surface area contributed by atoms with Gasteiger partial charge in [0.2, 0.25) is 5.91 Å². The van der Waals surface area contributed by atoms with E-state index in [1.165, 1.54) is 22.1 Å². The van der Waals surface area contributed by atoms with Crippen molar-refractivity contribution in [1.82, 2.24) is 24.8 Å². The Kier molecular flexibility index (Phi) is 6.38. The van der Waals surface area contributed by atoms with Crippen LogP contribution in [0.3, 0.4) is 0 Å². The van der Waals surface area contributed by atoms with Gasteiger partial charge >= 0.3 is 5.69 Å². The predicted molar refractivity (Wildman–Crippen MR) is 116 cm³/mol. The topological polar surface area (TPSA) is 106 Å². The molecular weight excluding hydrogens is 418 g/mol. The van der Waals surface area contributed by atoms with Gasteiger partial charge in [0.25, 0.3) is 5.91 Å². The number of thiophene rings is 1. The summed E-state index contributed by atoms with van der Waals surface area (Å²) in [6, 6.07) is 5.46. The van der Waals surface area contributed by atoms with Gasteiger partial charge in [0.1, 0.15) is 11.4 Å². The number of hydrogen-bond acceptors (Lipinski definition) is 7. The van der Waals surface area contributed by atoms with E-state index in [1.807, 2.05) is 12.1 Å². The van der Waals surface area contributed by atoms with Crippen LogP contribution in [-0.2, 0) is 16.1 Å². The third-order valence-electron chi connectivity index (χ3n) is 5.34. The number of hydrogen-bond donors (Lipinski definition) is 1. The van der Waals surface area contributed by atoms with Crippen LogP contribution in [0, 0.1) is 0 Å². The highest BCUT2D eigenvalue weighted by atomic mass is 32.1. The standard InChI is InChI=1S/C21H23N5O4S/c1-30-11-8-22-19(28)18-17(15-4-2-6-23-20(15)31-18)14-5-10-25(12-14)16(27)13-26-9-3-7-24-21(26)29/h2-4,6-7,9,14H,5,8,10-13H2,1H3,(H,22,28)/t14-/m0/s1. The minimum atomic E-state index is -0.448. The van der Waals surface area contributed by atoms with E-state index < -0.39 is 5.69 Å². The Morgan fingerprint density at radius 3 is 2.94 bits per heavy atom. The second-order valence-corrected chi connectivity index (χ2v) is 8.30. The second kappa shape index (κ2) is 9.36. The van der Waals surface area contributed by atoms with Gasteiger partial charge in [-0.15, -0.1) is 11.3 Å². The van der Waals surface area contributed by atoms with Crippen LogP contribution in [0.4, 0.5) is 0 Å². The van der Waals surface area contributed by atoms with Crippen LogP contribution in [0.15, 0.2) is 41.6 Å². The van der Waals surface area contributed by atoms with E-state index in [9.17, 15) is 14.4 Å². The first-order chi connectivity index (χ1) is 15.1. The summed E-state index contributed by atoms with van der Waals surface area (Å²) in [6.45, 7) is 1.87. The lowest BCUT2D eigenvalue weighted by Crippen LogP contribution is -2.35. The molecule has 2 amide bonds. The molecule has 0 bridgehead atoms. The summed E-state index contributed by atoms with van der Waals surface area (Å²) in [5.41, 5.74) is 0.494. The van der Waals surface area contributed by atoms with Crippen LogP contribution in [0.1, 0.15) is 27.6 Å². The lowest BCUT2D eigenvalue weighted by atomic mass is 9.95. The molecule has 1 aliphatic heterocycles. The van der Waals surface area contributed by atoms with E-state index in [-0.39, 0.29) is 24.3 Å². The molecule has 1 aliphatic rings. The van der Waals surface area contributed by atoms with Gasteiger partial charge in [0.05, 0.1) is 11.5 Å². The average Bonchev–Trinajstić information content (AvgIpc) is 3.40. The fourth-order valence-electron chi connectivity index (χ4n) is 3.85. The molecule has 0 radical (unpaired) electrons. The third-order valence-corrected chi connectivity index (χ3v) is 6.47. The number of methoxy groups -OCH3 is 1. The minimum absolute atomic E-state index is 0.0238. The van der Waals surface area contributed by atoms with E-state index in [2.05, 4.69) is 15.3 Å². The van der Waals surface area contributed by atoms with Gasteiger partial charge in [0, 0.05) is 56.6 Å². The maximum absolute atomic E-state index is 12.9. The predicted octanol–water partition coefficient (Wildman–Crippen LogP) is 1.25. The average molecular weight is 442 g/mol. The number of rotatable bonds is 7. The number of likely N-dealkylation sites (tertiary alicyclic amines) is 1. The normalized spacial score (nSPS) is 16.0. The number of ether oxygens (including phenoxy) is 1. The van der Waals surface area contributed by atoms with Crippen LogP contribution in [0.5, 0.6) is 0 Å². The smallest absolute Gasteiger partial charge is 0.347 e. The SMILES string of the molecule is COCCNC(=O)c1sc2ncccc2c1[C@H]1CCN(C(=O)Cn2cccnc2=O)C1. The number of nitrogens with zero attached hydrogens (tertiary/aromatic N) is 4. The van der Waals surface area contributed by atoms with Crippen LogP contribution in [0.2, 0.25) is 0 Å². The fourth-order valence-corrected chi connectivity index (χ4v) is 4.99. The highest BCUT2D eigenvalue weighted by Crippen LogP contribution is 2.39. The number of carbonyl (C=O) groups is 2. The fraction of sp³-hybridized carbons (Fsp3) is 0.381. The molecule has 1 fully saturated rings. The number of aromatic nitrogens is 3. The monoisotopic (exact) mass is 441 g/mol. The number of nitrogens with one attached hydrogen (secondary N) is 1. The quantitative estimate of drug-likeness (QED) is 0.553. The van der Waals surface area contributed by atoms with Crippen molar-refractivity contribution in [2.75, 3.05) is 33.4 Å². The van der Waals surface area contributed by atoms with Gasteiger partial charge in [-0.2, -0.15) is 0 Å². The van der Waals surface area contributed by atoms with Crippen LogP contribution >= 0.6 is 11.3 Å². The van der Waals surface area contributed by atoms with Gasteiger partial charge in [-0.3, -0.25) is 14.2 Å². The molecule has 1 saturated heterocycles. The Morgan fingerprint density at radius 2 is 2.13 bits per heavy atom. The molecule has 3 aromatic rings. The lowest BCUT2D eigenvalue weighted by Gasteiger charge is -2.17. The highest BCUT2D eigenvalue weighted by molar-refractivity contribution is 7.20. The summed E-state index contributed by atoms with van der Waals surface area (Å²) in [4.78, 5) is 48.7. The summed E-state index contributed by atoms with van der Waals surface area (Å²) in [5.74, 6) is -0.265. The highest BCUT2D eigenvalue weighted by Gasteiger charge is 2.32. The number of pyridine rings is 1. The zero-order valence-corrected chi connectivity index (χ0v) is 17.9. The Morgan fingerprint density at radius 1 is 1.29 bits per heavy atom. The van der Waals surface area contributed by atoms with E-state index in [0.717, 1.165) is 22.2 Å². The third kappa shape index (κ3) is 4.49. The number of fused-ring (bicyclic) bond motifs is 1. The first kappa shape index (κ1) is 21.1. The van der Waals surface area contributed by atoms with Crippen molar-refractivity contribution in [2.45, 2.75) is 18.9 Å². The van der Waals surface area contributed by atoms with Gasteiger partial charge in [-0.05, 0) is 24.1 Å². The zero-order valence-electron chi connectivity index (χ0n) is 17.1. The van der Waals surface area contributed by atoms with E-state index in [0.29, 0.717) is 31.1 Å². The molecule has 1 N–H and O–H groups in total. The first-order valence-electron chi connectivity index (χ1n) is 10.0. The van der Waals surface area contributed by atoms with Gasteiger partial charge in [-0.1, -0.05) is 6.07 Å². The molecule has 10 heteroatoms. The summed E-state index contributed by atoms with van der Waals surface area (Å²) < 4.78 is 6.32. The largest absolute Gasteiger partial charge is 0.383 e. The van der Waals surface area contributed by atoms with Crippen molar-refractivity contribution in [3.63, 3.8) is 0 Å². The Balaban J connectivity index is 1.55. The van der Waals surface area contributed by atoms with Gasteiger partial charge in [0.15, 0.2) is 0 Å². The van der Waals surface area contributed by atoms with Crippen molar-refractivity contribution in [3.8, 4) is 0 Å². The van der Waals surface area contributed by atoms with Crippen molar-refractivity contribution in [1.29, 1.82) is 0 Å². The molecule has 0 aliphatic carbocycles. The number of amides is 2. The molecular formula is C21H23N5O4S. The van der Waals surface area contributed by atoms with Crippen LogP contribution in [0.25, 0.3) is 10.2 Å². The molecule has 0 saturated carbocycles. The molecule has 0 unspecified atom stereocenters. The summed E-state index contributed by atoms with van der Waals surface area (Å²) >= 11 is 1.37. The second-order valence-electron chi connectivity index (χ2n) is 7.31. The van der Waals surface area contributed by atoms with Crippen molar-refractivity contribution < 1.29 is 14.3 Å². The van der Waals surface area contributed by atoms with E-state index in [1.54, 1.807) is 30.5 Å². The molecule has 3 aromatic heterocycles. The maximum Gasteiger partial charge on any atom is 0.347 e. The van der Waals surface area contributed by atoms with Crippen molar-refractivity contribution in [3.05, 3.63) is 57.7 Å². The van der Waals surface area contributed by atoms with Gasteiger partial charge in [-0.25, -0.2) is 14.8 Å². The molecule has 4 rings (SSSR count). The minimum Gasteiger partial charge on any atom is -0.383 e. The molecule has 1 atom stereocenters. The van der Waals surface area contributed by atoms with Gasteiger partial charge < -0.3 is 15.0 Å². The Bertz CT molecular complexity index is 1160. The summed E-state index contributed by atoms with van der Waals surface area (Å²) in [7, 11) is 1.59. The molecule has 0 spiro atoms. The zero-order chi connectivity index (χ0) is 21.8. The Labute approximate surface area is 182 Å². The summed E-state index contributed by atoms with van der Waals surface area (Å²) in [6.07, 6.45) is 5.42. The van der Waals surface area contributed by atoms with E-state index in [4.69, 9.17) is 4.74 Å². The number of carbonyl (C=O) groups excluding carboxylic acids is 2. The molecule has 31 heavy (non-hydrogen) atoms. The van der Waals surface area contributed by atoms with Crippen molar-refractivity contribution >= 4 is 33.4 Å². The molecule has 9 nitrogen and oxygen atoms in total. The molecule has 4 heterocycles. The molecule has 162 valence electrons. The van der Waals surface area contributed by atoms with E-state index >= 15 is 0 Å². The van der Waals surface area contributed by atoms with Crippen LogP contribution < -0.4 is 11.0 Å². The first-order valence-corrected chi connectivity index (χ1v) is 10.8. The summed E-state index contributed by atoms with van der Waals surface area (Å²) in [5, 5.41) is 3.84. The van der Waals surface area contributed by atoms with Crippen LogP contribution in [-0.4, -0.2) is 64.6 Å². The lowest BCUT2D eigenvalue weighted by molar-refractivity contribution is -0.130. The maximum atomic E-state index is 12.9. The van der Waals surface area contributed by atoms with Crippen molar-refractivity contribution in [2.24, 2.45) is 0 Å². The molecule has 0 aromatic carbocycles. The Hall–Kier alpha value is -3.11.